The zero-order valence-electron chi connectivity index (χ0n) is 16.3. The molecule has 146 valence electrons. The number of hydrogen-bond acceptors (Lipinski definition) is 3. The third-order valence-corrected chi connectivity index (χ3v) is 6.21. The number of halogens is 1. The smallest absolute Gasteiger partial charge is 0.193 e. The molecule has 0 amide bonds. The van der Waals surface area contributed by atoms with Crippen molar-refractivity contribution in [2.75, 3.05) is 32.4 Å². The van der Waals surface area contributed by atoms with E-state index in [1.807, 2.05) is 27.7 Å². The number of rotatable bonds is 4. The lowest BCUT2D eigenvalue weighted by Gasteiger charge is -2.38. The van der Waals surface area contributed by atoms with Crippen LogP contribution in [0.2, 0.25) is 0 Å². The number of morpholine rings is 1. The van der Waals surface area contributed by atoms with Crippen molar-refractivity contribution in [1.82, 2.24) is 10.2 Å². The van der Waals surface area contributed by atoms with Gasteiger partial charge in [-0.05, 0) is 45.4 Å². The molecule has 0 aromatic heterocycles. The molecule has 0 aliphatic carbocycles. The number of hydrogen-bond donors (Lipinski definition) is 1. The van der Waals surface area contributed by atoms with Crippen molar-refractivity contribution in [3.63, 3.8) is 0 Å². The summed E-state index contributed by atoms with van der Waals surface area (Å²) in [7, 11) is 0.843. The summed E-state index contributed by atoms with van der Waals surface area (Å²) in [4.78, 5) is 6.51. The quantitative estimate of drug-likeness (QED) is 0.642. The van der Waals surface area contributed by atoms with Crippen molar-refractivity contribution >= 4 is 16.8 Å². The summed E-state index contributed by atoms with van der Waals surface area (Å²) in [6.45, 7) is 9.92. The first-order valence-electron chi connectivity index (χ1n) is 8.95. The first-order chi connectivity index (χ1) is 12.2. The Bertz CT molecular complexity index is 643. The van der Waals surface area contributed by atoms with Crippen LogP contribution in [0.4, 0.5) is 4.39 Å². The van der Waals surface area contributed by atoms with Crippen LogP contribution in [0.25, 0.3) is 0 Å². The third kappa shape index (κ3) is 5.77. The second-order valence-electron chi connectivity index (χ2n) is 7.53. The first kappa shape index (κ1) is 20.8. The molecule has 0 saturated carbocycles. The van der Waals surface area contributed by atoms with Crippen LogP contribution in [0.1, 0.15) is 39.4 Å². The van der Waals surface area contributed by atoms with E-state index >= 15 is 0 Å². The first-order valence-corrected chi connectivity index (χ1v) is 10.3. The molecule has 7 heteroatoms. The minimum atomic E-state index is -0.903. The Morgan fingerprint density at radius 3 is 2.58 bits per heavy atom. The molecule has 0 radical (unpaired) electrons. The van der Waals surface area contributed by atoms with Crippen LogP contribution in [0, 0.1) is 5.82 Å². The normalized spacial score (nSPS) is 23.0. The van der Waals surface area contributed by atoms with Crippen molar-refractivity contribution in [1.29, 1.82) is 0 Å². The van der Waals surface area contributed by atoms with E-state index in [9.17, 15) is 8.60 Å². The highest BCUT2D eigenvalue weighted by Crippen LogP contribution is 2.25. The summed E-state index contributed by atoms with van der Waals surface area (Å²) in [5.74, 6) is 1.10. The lowest BCUT2D eigenvalue weighted by molar-refractivity contribution is -0.0604. The molecule has 5 nitrogen and oxygen atoms in total. The Morgan fingerprint density at radius 2 is 2.00 bits per heavy atom. The third-order valence-electron chi connectivity index (χ3n) is 4.27. The van der Waals surface area contributed by atoms with Gasteiger partial charge in [-0.1, -0.05) is 12.1 Å². The average Bonchev–Trinajstić information content (AvgIpc) is 2.57. The SMILES string of the molecule is CN=C(NCCS(=O)C(C)(C)C)N1CC(C)OC(c2ccc(F)cc2)C1. The molecule has 1 fully saturated rings. The van der Waals surface area contributed by atoms with E-state index in [4.69, 9.17) is 4.74 Å². The van der Waals surface area contributed by atoms with Crippen LogP contribution in [0.3, 0.4) is 0 Å². The minimum Gasteiger partial charge on any atom is -0.367 e. The summed E-state index contributed by atoms with van der Waals surface area (Å²) < 4.78 is 31.2. The van der Waals surface area contributed by atoms with Crippen molar-refractivity contribution in [2.24, 2.45) is 4.99 Å². The lowest BCUT2D eigenvalue weighted by Crippen LogP contribution is -2.51. The van der Waals surface area contributed by atoms with Gasteiger partial charge in [0.05, 0.1) is 12.6 Å². The molecule has 3 unspecified atom stereocenters. The molecule has 0 spiro atoms. The van der Waals surface area contributed by atoms with Gasteiger partial charge in [0, 0.05) is 41.4 Å². The van der Waals surface area contributed by atoms with Crippen LogP contribution >= 0.6 is 0 Å². The van der Waals surface area contributed by atoms with E-state index in [0.29, 0.717) is 18.8 Å². The molecule has 3 atom stereocenters. The molecule has 1 aliphatic rings. The maximum Gasteiger partial charge on any atom is 0.193 e. The highest BCUT2D eigenvalue weighted by atomic mass is 32.2. The van der Waals surface area contributed by atoms with Gasteiger partial charge in [-0.15, -0.1) is 0 Å². The Balaban J connectivity index is 1.98. The van der Waals surface area contributed by atoms with E-state index < -0.39 is 10.8 Å². The second kappa shape index (κ2) is 8.95. The summed E-state index contributed by atoms with van der Waals surface area (Å²) in [6, 6.07) is 6.44. The van der Waals surface area contributed by atoms with Gasteiger partial charge in [0.25, 0.3) is 0 Å². The molecular formula is C19H30FN3O2S. The second-order valence-corrected chi connectivity index (χ2v) is 9.85. The van der Waals surface area contributed by atoms with E-state index in [1.54, 1.807) is 19.2 Å². The monoisotopic (exact) mass is 383 g/mol. The molecule has 2 rings (SSSR count). The maximum absolute atomic E-state index is 13.2. The predicted molar refractivity (Wildman–Crippen MR) is 105 cm³/mol. The van der Waals surface area contributed by atoms with Gasteiger partial charge >= 0.3 is 0 Å². The number of nitrogens with one attached hydrogen (secondary N) is 1. The molecule has 1 aliphatic heterocycles. The summed E-state index contributed by atoms with van der Waals surface area (Å²) in [6.07, 6.45) is -0.109. The zero-order chi connectivity index (χ0) is 19.3. The molecule has 26 heavy (non-hydrogen) atoms. The fourth-order valence-corrected chi connectivity index (χ4v) is 3.78. The van der Waals surface area contributed by atoms with Crippen LogP contribution in [-0.2, 0) is 15.5 Å². The van der Waals surface area contributed by atoms with Crippen molar-refractivity contribution in [2.45, 2.75) is 44.6 Å². The topological polar surface area (TPSA) is 53.9 Å². The van der Waals surface area contributed by atoms with Gasteiger partial charge in [-0.2, -0.15) is 0 Å². The molecule has 1 N–H and O–H groups in total. The molecule has 1 aromatic rings. The maximum atomic E-state index is 13.2. The standard InChI is InChI=1S/C19H30FN3O2S/c1-14-12-23(13-17(25-14)15-6-8-16(20)9-7-15)18(21-5)22-10-11-26(24)19(2,3)4/h6-9,14,17H,10-13H2,1-5H3,(H,21,22). The number of aliphatic imine (C=N–C) groups is 1. The van der Waals surface area contributed by atoms with Crippen LogP contribution < -0.4 is 5.32 Å². The number of nitrogens with zero attached hydrogens (tertiary/aromatic N) is 2. The fraction of sp³-hybridized carbons (Fsp3) is 0.632. The van der Waals surface area contributed by atoms with Crippen LogP contribution in [-0.4, -0.2) is 58.4 Å². The average molecular weight is 384 g/mol. The minimum absolute atomic E-state index is 0.0288. The van der Waals surface area contributed by atoms with E-state index in [-0.39, 0.29) is 22.8 Å². The zero-order valence-corrected chi connectivity index (χ0v) is 17.1. The molecule has 0 bridgehead atoms. The van der Waals surface area contributed by atoms with Crippen molar-refractivity contribution in [3.05, 3.63) is 35.6 Å². The Kier molecular flexibility index (Phi) is 7.17. The Labute approximate surface area is 158 Å². The van der Waals surface area contributed by atoms with Crippen LogP contribution in [0.15, 0.2) is 29.3 Å². The molecular weight excluding hydrogens is 353 g/mol. The highest BCUT2D eigenvalue weighted by molar-refractivity contribution is 7.86. The Morgan fingerprint density at radius 1 is 1.35 bits per heavy atom. The summed E-state index contributed by atoms with van der Waals surface area (Å²) >= 11 is 0. The van der Waals surface area contributed by atoms with Gasteiger partial charge in [-0.3, -0.25) is 9.20 Å². The van der Waals surface area contributed by atoms with E-state index in [2.05, 4.69) is 15.2 Å². The molecule has 1 saturated heterocycles. The summed E-state index contributed by atoms with van der Waals surface area (Å²) in [5.41, 5.74) is 0.951. The number of benzene rings is 1. The van der Waals surface area contributed by atoms with E-state index in [0.717, 1.165) is 18.1 Å². The van der Waals surface area contributed by atoms with Crippen molar-refractivity contribution in [3.8, 4) is 0 Å². The van der Waals surface area contributed by atoms with Gasteiger partial charge in [0.15, 0.2) is 5.96 Å². The summed E-state index contributed by atoms with van der Waals surface area (Å²) in [5, 5.41) is 3.31. The van der Waals surface area contributed by atoms with Crippen LogP contribution in [0.5, 0.6) is 0 Å². The van der Waals surface area contributed by atoms with Gasteiger partial charge in [0.1, 0.15) is 11.9 Å². The van der Waals surface area contributed by atoms with Gasteiger partial charge < -0.3 is 15.0 Å². The number of guanidine groups is 1. The van der Waals surface area contributed by atoms with Gasteiger partial charge in [-0.25, -0.2) is 4.39 Å². The fourth-order valence-electron chi connectivity index (χ4n) is 2.88. The molecule has 1 heterocycles. The highest BCUT2D eigenvalue weighted by Gasteiger charge is 2.28. The predicted octanol–water partition coefficient (Wildman–Crippen LogP) is 2.71. The lowest BCUT2D eigenvalue weighted by atomic mass is 10.1. The number of ether oxygens (including phenoxy) is 1. The molecule has 1 aromatic carbocycles. The largest absolute Gasteiger partial charge is 0.367 e. The Hall–Kier alpha value is -1.47. The van der Waals surface area contributed by atoms with Gasteiger partial charge in [0.2, 0.25) is 0 Å². The van der Waals surface area contributed by atoms with E-state index in [1.165, 1.54) is 12.1 Å². The van der Waals surface area contributed by atoms with Crippen molar-refractivity contribution < 1.29 is 13.3 Å².